The summed E-state index contributed by atoms with van der Waals surface area (Å²) in [4.78, 5) is 1.45. The fourth-order valence-electron chi connectivity index (χ4n) is 2.12. The first-order chi connectivity index (χ1) is 14.5. The molecule has 31 heavy (non-hydrogen) atoms. The highest BCUT2D eigenvalue weighted by Crippen LogP contribution is 2.19. The zero-order valence-corrected chi connectivity index (χ0v) is 21.0. The fourth-order valence-corrected chi connectivity index (χ4v) is 3.22. The summed E-state index contributed by atoms with van der Waals surface area (Å²) in [5.41, 5.74) is 1.86. The maximum absolute atomic E-state index is 13.0. The Morgan fingerprint density at radius 2 is 1.55 bits per heavy atom. The Morgan fingerprint density at radius 1 is 0.935 bits per heavy atom. The third kappa shape index (κ3) is 10.7. The van der Waals surface area contributed by atoms with Crippen molar-refractivity contribution < 1.29 is 13.7 Å². The monoisotopic (exact) mass is 442 g/mol. The smallest absolute Gasteiger partial charge is 0.111 e. The lowest BCUT2D eigenvalue weighted by Gasteiger charge is -2.11. The normalized spacial score (nSPS) is 16.5. The Morgan fingerprint density at radius 3 is 2.10 bits per heavy atom. The lowest BCUT2D eigenvalue weighted by atomic mass is 10.1. The predicted octanol–water partition coefficient (Wildman–Crippen LogP) is 7.52. The largest absolute Gasteiger partial charge is 0.497 e. The van der Waals surface area contributed by atoms with Crippen LogP contribution in [0.2, 0.25) is 0 Å². The molecule has 4 heteroatoms. The second-order valence-corrected chi connectivity index (χ2v) is 9.64. The molecule has 0 saturated heterocycles. The van der Waals surface area contributed by atoms with Gasteiger partial charge in [0.05, 0.1) is 7.11 Å². The summed E-state index contributed by atoms with van der Waals surface area (Å²) < 4.78 is 23.9. The van der Waals surface area contributed by atoms with Crippen LogP contribution in [0.5, 0.6) is 0 Å². The zero-order chi connectivity index (χ0) is 24.0. The maximum Gasteiger partial charge on any atom is 0.111 e. The Kier molecular flexibility index (Phi) is 13.1. The van der Waals surface area contributed by atoms with Crippen molar-refractivity contribution >= 4 is 15.4 Å². The topological polar surface area (TPSA) is 35.5 Å². The van der Waals surface area contributed by atoms with Gasteiger partial charge in [-0.1, -0.05) is 50.5 Å². The van der Waals surface area contributed by atoms with Crippen LogP contribution in [0.4, 0.5) is 0 Å². The summed E-state index contributed by atoms with van der Waals surface area (Å²) in [6.45, 7) is 19.3. The number of hydrogen-bond acceptors (Lipinski definition) is 3. The van der Waals surface area contributed by atoms with Crippen molar-refractivity contribution in [3.8, 4) is 0 Å². The third-order valence-electron chi connectivity index (χ3n) is 4.52. The van der Waals surface area contributed by atoms with Crippen molar-refractivity contribution in [3.63, 3.8) is 0 Å². The van der Waals surface area contributed by atoms with Crippen molar-refractivity contribution in [2.45, 2.75) is 48.0 Å². The van der Waals surface area contributed by atoms with E-state index in [4.69, 9.17) is 9.47 Å². The standard InChI is InChI=1S/C27H38O3S/c1-11-13-14-25(7)31(10,28)26(8)19-20-27(12-2)30-24(6)18-16-22(4)21(3)15-17-23(5)29-9/h11,13-20H,3,5,10,12H2,1-2,4,6-9H3. The molecule has 1 atom stereocenters. The number of ether oxygens (including phenoxy) is 2. The first-order valence-electron chi connectivity index (χ1n) is 10.2. The van der Waals surface area contributed by atoms with Gasteiger partial charge in [0.15, 0.2) is 0 Å². The van der Waals surface area contributed by atoms with Gasteiger partial charge in [0, 0.05) is 25.8 Å². The molecule has 0 heterocycles. The molecule has 0 saturated carbocycles. The van der Waals surface area contributed by atoms with E-state index >= 15 is 0 Å². The van der Waals surface area contributed by atoms with Crippen molar-refractivity contribution in [1.29, 1.82) is 0 Å². The minimum absolute atomic E-state index is 0.573. The molecule has 1 unspecified atom stereocenters. The van der Waals surface area contributed by atoms with E-state index in [-0.39, 0.29) is 0 Å². The van der Waals surface area contributed by atoms with Gasteiger partial charge in [-0.15, -0.1) is 0 Å². The van der Waals surface area contributed by atoms with Crippen molar-refractivity contribution in [2.24, 2.45) is 0 Å². The van der Waals surface area contributed by atoms with Crippen LogP contribution in [0.25, 0.3) is 0 Å². The van der Waals surface area contributed by atoms with Crippen LogP contribution in [-0.2, 0) is 19.0 Å². The van der Waals surface area contributed by atoms with E-state index in [0.717, 1.165) is 27.6 Å². The molecule has 0 rings (SSSR count). The van der Waals surface area contributed by atoms with Gasteiger partial charge in [-0.2, -0.15) is 0 Å². The lowest BCUT2D eigenvalue weighted by Crippen LogP contribution is -2.02. The molecule has 3 nitrogen and oxygen atoms in total. The van der Waals surface area contributed by atoms with Crippen LogP contribution in [-0.4, -0.2) is 17.2 Å². The molecule has 0 aromatic heterocycles. The molecular formula is C27H38O3S. The third-order valence-corrected chi connectivity index (χ3v) is 6.87. The first-order valence-corrected chi connectivity index (χ1v) is 11.9. The Hall–Kier alpha value is -2.72. The molecule has 0 aromatic carbocycles. The molecule has 0 bridgehead atoms. The molecule has 0 aliphatic heterocycles. The second kappa shape index (κ2) is 14.3. The van der Waals surface area contributed by atoms with Crippen LogP contribution >= 0.6 is 0 Å². The number of methoxy groups -OCH3 is 1. The summed E-state index contributed by atoms with van der Waals surface area (Å²) in [7, 11) is -0.895. The molecule has 170 valence electrons. The quantitative estimate of drug-likeness (QED) is 0.178. The van der Waals surface area contributed by atoms with Gasteiger partial charge in [0.25, 0.3) is 0 Å². The van der Waals surface area contributed by atoms with Gasteiger partial charge >= 0.3 is 0 Å². The van der Waals surface area contributed by atoms with Gasteiger partial charge in [-0.3, -0.25) is 4.21 Å². The van der Waals surface area contributed by atoms with Crippen LogP contribution in [0.1, 0.15) is 48.0 Å². The molecule has 0 spiro atoms. The summed E-state index contributed by atoms with van der Waals surface area (Å²) in [6, 6.07) is 0. The highest BCUT2D eigenvalue weighted by atomic mass is 32.2. The Balaban J connectivity index is 5.42. The highest BCUT2D eigenvalue weighted by Gasteiger charge is 2.08. The van der Waals surface area contributed by atoms with Crippen LogP contribution < -0.4 is 0 Å². The molecule has 0 radical (unpaired) electrons. The molecule has 0 amide bonds. The average molecular weight is 443 g/mol. The molecular weight excluding hydrogens is 404 g/mol. The van der Waals surface area contributed by atoms with Gasteiger partial charge in [0.1, 0.15) is 17.3 Å². The average Bonchev–Trinajstić information content (AvgIpc) is 2.75. The number of hydrogen-bond donors (Lipinski definition) is 0. The van der Waals surface area contributed by atoms with E-state index in [1.54, 1.807) is 13.2 Å². The Labute approximate surface area is 190 Å². The van der Waals surface area contributed by atoms with E-state index in [1.807, 2.05) is 90.2 Å². The molecule has 0 aromatic rings. The SMILES string of the molecule is C=C(C=CC(=C)C(C)=CC=C(C)OC(=CC=C(C)S(=C)(=O)C(C)=CC=CC)CC)OC. The molecule has 0 aliphatic rings. The first kappa shape index (κ1) is 28.3. The van der Waals surface area contributed by atoms with Gasteiger partial charge in [-0.05, 0) is 75.9 Å². The predicted molar refractivity (Wildman–Crippen MR) is 139 cm³/mol. The van der Waals surface area contributed by atoms with Crippen molar-refractivity contribution in [3.05, 3.63) is 106 Å². The van der Waals surface area contributed by atoms with Crippen molar-refractivity contribution in [1.82, 2.24) is 0 Å². The van der Waals surface area contributed by atoms with E-state index < -0.39 is 9.52 Å². The van der Waals surface area contributed by atoms with Crippen LogP contribution in [0.3, 0.4) is 0 Å². The fraction of sp³-hybridized carbons (Fsp3) is 0.296. The van der Waals surface area contributed by atoms with Gasteiger partial charge in [-0.25, -0.2) is 0 Å². The minimum atomic E-state index is -2.47. The maximum atomic E-state index is 13.0. The summed E-state index contributed by atoms with van der Waals surface area (Å²) in [5, 5.41) is 0. The number of allylic oxidation sites excluding steroid dienone is 15. The second-order valence-electron chi connectivity index (χ2n) is 7.00. The van der Waals surface area contributed by atoms with Gasteiger partial charge < -0.3 is 9.47 Å². The summed E-state index contributed by atoms with van der Waals surface area (Å²) in [5.74, 6) is 6.02. The summed E-state index contributed by atoms with van der Waals surface area (Å²) >= 11 is 0. The number of rotatable bonds is 12. The van der Waals surface area contributed by atoms with Crippen LogP contribution in [0.15, 0.2) is 106 Å². The highest BCUT2D eigenvalue weighted by molar-refractivity contribution is 8.07. The zero-order valence-electron chi connectivity index (χ0n) is 20.2. The van der Waals surface area contributed by atoms with Gasteiger partial charge in [0.2, 0.25) is 0 Å². The molecule has 0 fully saturated rings. The van der Waals surface area contributed by atoms with E-state index in [2.05, 4.69) is 19.0 Å². The van der Waals surface area contributed by atoms with E-state index in [9.17, 15) is 4.21 Å². The molecule has 0 aliphatic carbocycles. The van der Waals surface area contributed by atoms with E-state index in [1.165, 1.54) is 0 Å². The van der Waals surface area contributed by atoms with E-state index in [0.29, 0.717) is 17.1 Å². The Bertz CT molecular complexity index is 960. The minimum Gasteiger partial charge on any atom is -0.497 e. The van der Waals surface area contributed by atoms with Crippen molar-refractivity contribution in [2.75, 3.05) is 7.11 Å². The lowest BCUT2D eigenvalue weighted by molar-refractivity contribution is 0.296. The molecule has 0 N–H and O–H groups in total. The summed E-state index contributed by atoms with van der Waals surface area (Å²) in [6.07, 6.45) is 17.5. The van der Waals surface area contributed by atoms with Crippen LogP contribution in [0, 0.1) is 0 Å².